The molecule has 1 fully saturated rings. The van der Waals surface area contributed by atoms with Crippen LogP contribution in [0.15, 0.2) is 36.4 Å². The Morgan fingerprint density at radius 1 is 1.15 bits per heavy atom. The molecule has 1 saturated heterocycles. The maximum absolute atomic E-state index is 5.92. The molecule has 2 nitrogen and oxygen atoms in total. The molecule has 106 valence electrons. The average molecular weight is 335 g/mol. The SMILES string of the molecule is COc1ccc(C(Br)C2CCCCO2)c2ccccc12. The molecule has 3 heteroatoms. The number of halogens is 1. The molecule has 2 aromatic rings. The highest BCUT2D eigenvalue weighted by molar-refractivity contribution is 9.09. The van der Waals surface area contributed by atoms with Gasteiger partial charge in [-0.25, -0.2) is 0 Å². The van der Waals surface area contributed by atoms with Crippen molar-refractivity contribution in [2.45, 2.75) is 30.2 Å². The number of benzene rings is 2. The van der Waals surface area contributed by atoms with Crippen LogP contribution in [0, 0.1) is 0 Å². The third-order valence-corrected chi connectivity index (χ3v) is 5.06. The van der Waals surface area contributed by atoms with Gasteiger partial charge in [0.2, 0.25) is 0 Å². The largest absolute Gasteiger partial charge is 0.496 e. The second-order valence-corrected chi connectivity index (χ2v) is 6.20. The van der Waals surface area contributed by atoms with Gasteiger partial charge in [-0.2, -0.15) is 0 Å². The lowest BCUT2D eigenvalue weighted by Gasteiger charge is -2.28. The number of fused-ring (bicyclic) bond motifs is 1. The van der Waals surface area contributed by atoms with Crippen molar-refractivity contribution in [2.75, 3.05) is 13.7 Å². The van der Waals surface area contributed by atoms with E-state index in [-0.39, 0.29) is 10.9 Å². The second kappa shape index (κ2) is 6.15. The first-order valence-corrected chi connectivity index (χ1v) is 8.04. The number of ether oxygens (including phenoxy) is 2. The van der Waals surface area contributed by atoms with Gasteiger partial charge in [-0.05, 0) is 36.3 Å². The summed E-state index contributed by atoms with van der Waals surface area (Å²) in [6.07, 6.45) is 3.82. The van der Waals surface area contributed by atoms with Crippen LogP contribution in [-0.4, -0.2) is 19.8 Å². The Morgan fingerprint density at radius 2 is 1.95 bits per heavy atom. The van der Waals surface area contributed by atoms with E-state index < -0.39 is 0 Å². The minimum absolute atomic E-state index is 0.235. The molecule has 0 saturated carbocycles. The van der Waals surface area contributed by atoms with E-state index in [0.717, 1.165) is 24.2 Å². The van der Waals surface area contributed by atoms with Crippen LogP contribution in [0.5, 0.6) is 5.75 Å². The zero-order valence-electron chi connectivity index (χ0n) is 11.6. The molecule has 0 amide bonds. The van der Waals surface area contributed by atoms with Gasteiger partial charge in [-0.1, -0.05) is 46.3 Å². The standard InChI is InChI=1S/C17H19BrO2/c1-19-15-10-9-14(12-6-2-3-7-13(12)15)17(18)16-8-4-5-11-20-16/h2-3,6-7,9-10,16-17H,4-5,8,11H2,1H3. The van der Waals surface area contributed by atoms with Crippen LogP contribution < -0.4 is 4.74 Å². The fourth-order valence-electron chi connectivity index (χ4n) is 2.91. The summed E-state index contributed by atoms with van der Waals surface area (Å²) < 4.78 is 11.4. The number of hydrogen-bond acceptors (Lipinski definition) is 2. The van der Waals surface area contributed by atoms with E-state index in [1.165, 1.54) is 23.8 Å². The van der Waals surface area contributed by atoms with Crippen LogP contribution in [0.2, 0.25) is 0 Å². The van der Waals surface area contributed by atoms with Gasteiger partial charge in [0.05, 0.1) is 18.0 Å². The molecule has 2 unspecified atom stereocenters. The first-order chi connectivity index (χ1) is 9.81. The Balaban J connectivity index is 2.02. The van der Waals surface area contributed by atoms with E-state index in [0.29, 0.717) is 0 Å². The summed E-state index contributed by atoms with van der Waals surface area (Å²) in [5, 5.41) is 2.40. The summed E-state index contributed by atoms with van der Waals surface area (Å²) in [5.41, 5.74) is 1.29. The van der Waals surface area contributed by atoms with E-state index >= 15 is 0 Å². The van der Waals surface area contributed by atoms with Crippen LogP contribution in [-0.2, 0) is 4.74 Å². The minimum Gasteiger partial charge on any atom is -0.496 e. The van der Waals surface area contributed by atoms with Crippen molar-refractivity contribution in [3.8, 4) is 5.75 Å². The molecule has 2 aromatic carbocycles. The summed E-state index contributed by atoms with van der Waals surface area (Å²) in [4.78, 5) is 0.235. The number of methoxy groups -OCH3 is 1. The number of rotatable bonds is 3. The molecule has 1 aliphatic heterocycles. The number of alkyl halides is 1. The lowest BCUT2D eigenvalue weighted by Crippen LogP contribution is -2.23. The van der Waals surface area contributed by atoms with Crippen molar-refractivity contribution in [1.29, 1.82) is 0 Å². The van der Waals surface area contributed by atoms with Gasteiger partial charge in [0.25, 0.3) is 0 Å². The van der Waals surface area contributed by atoms with Gasteiger partial charge in [-0.15, -0.1) is 0 Å². The highest BCUT2D eigenvalue weighted by atomic mass is 79.9. The summed E-state index contributed by atoms with van der Waals surface area (Å²) in [6.45, 7) is 0.876. The topological polar surface area (TPSA) is 18.5 Å². The lowest BCUT2D eigenvalue weighted by atomic mass is 9.96. The number of hydrogen-bond donors (Lipinski definition) is 0. The summed E-state index contributed by atoms with van der Waals surface area (Å²) in [5.74, 6) is 0.925. The highest BCUT2D eigenvalue weighted by Crippen LogP contribution is 2.39. The molecule has 0 spiro atoms. The molecule has 1 heterocycles. The average Bonchev–Trinajstić information content (AvgIpc) is 2.54. The zero-order valence-corrected chi connectivity index (χ0v) is 13.2. The van der Waals surface area contributed by atoms with Crippen LogP contribution >= 0.6 is 15.9 Å². The Morgan fingerprint density at radius 3 is 2.65 bits per heavy atom. The van der Waals surface area contributed by atoms with Crippen molar-refractivity contribution in [3.63, 3.8) is 0 Å². The maximum atomic E-state index is 5.92. The zero-order chi connectivity index (χ0) is 13.9. The predicted molar refractivity (Wildman–Crippen MR) is 85.8 cm³/mol. The quantitative estimate of drug-likeness (QED) is 0.746. The van der Waals surface area contributed by atoms with Gasteiger partial charge in [0, 0.05) is 12.0 Å². The van der Waals surface area contributed by atoms with E-state index in [9.17, 15) is 0 Å². The van der Waals surface area contributed by atoms with Crippen molar-refractivity contribution < 1.29 is 9.47 Å². The minimum atomic E-state index is 0.235. The van der Waals surface area contributed by atoms with Gasteiger partial charge >= 0.3 is 0 Å². The van der Waals surface area contributed by atoms with E-state index in [4.69, 9.17) is 9.47 Å². The fourth-order valence-corrected chi connectivity index (χ4v) is 3.73. The van der Waals surface area contributed by atoms with Crippen LogP contribution in [0.3, 0.4) is 0 Å². The first kappa shape index (κ1) is 13.9. The highest BCUT2D eigenvalue weighted by Gasteiger charge is 2.25. The van der Waals surface area contributed by atoms with Crippen molar-refractivity contribution in [1.82, 2.24) is 0 Å². The summed E-state index contributed by atoms with van der Waals surface area (Å²) in [7, 11) is 1.72. The molecule has 1 aliphatic rings. The lowest BCUT2D eigenvalue weighted by molar-refractivity contribution is 0.0162. The molecular weight excluding hydrogens is 316 g/mol. The monoisotopic (exact) mass is 334 g/mol. The van der Waals surface area contributed by atoms with Crippen molar-refractivity contribution >= 4 is 26.7 Å². The van der Waals surface area contributed by atoms with E-state index in [2.05, 4.69) is 52.3 Å². The van der Waals surface area contributed by atoms with Crippen LogP contribution in [0.1, 0.15) is 29.7 Å². The van der Waals surface area contributed by atoms with E-state index in [1.807, 2.05) is 0 Å². The van der Waals surface area contributed by atoms with Gasteiger partial charge in [0.15, 0.2) is 0 Å². The summed E-state index contributed by atoms with van der Waals surface area (Å²) in [6, 6.07) is 12.6. The van der Waals surface area contributed by atoms with Crippen molar-refractivity contribution in [2.24, 2.45) is 0 Å². The first-order valence-electron chi connectivity index (χ1n) is 7.12. The fraction of sp³-hybridized carbons (Fsp3) is 0.412. The Labute approximate surface area is 128 Å². The molecule has 0 N–H and O–H groups in total. The van der Waals surface area contributed by atoms with Crippen molar-refractivity contribution in [3.05, 3.63) is 42.0 Å². The third kappa shape index (κ3) is 2.57. The smallest absolute Gasteiger partial charge is 0.126 e. The van der Waals surface area contributed by atoms with Gasteiger partial charge < -0.3 is 9.47 Å². The predicted octanol–water partition coefficient (Wildman–Crippen LogP) is 4.85. The third-order valence-electron chi connectivity index (χ3n) is 3.98. The molecule has 0 bridgehead atoms. The van der Waals surface area contributed by atoms with E-state index in [1.54, 1.807) is 7.11 Å². The molecule has 0 radical (unpaired) electrons. The van der Waals surface area contributed by atoms with Crippen LogP contribution in [0.4, 0.5) is 0 Å². The Bertz CT molecular complexity index is 591. The molecule has 0 aromatic heterocycles. The molecule has 2 atom stereocenters. The van der Waals surface area contributed by atoms with Gasteiger partial charge in [-0.3, -0.25) is 0 Å². The molecule has 0 aliphatic carbocycles. The molecular formula is C17H19BrO2. The van der Waals surface area contributed by atoms with Gasteiger partial charge in [0.1, 0.15) is 5.75 Å². The second-order valence-electron chi connectivity index (χ2n) is 5.21. The molecule has 20 heavy (non-hydrogen) atoms. The Kier molecular flexibility index (Phi) is 4.27. The Hall–Kier alpha value is -1.06. The molecule has 3 rings (SSSR count). The summed E-state index contributed by atoms with van der Waals surface area (Å²) >= 11 is 3.85. The van der Waals surface area contributed by atoms with Crippen LogP contribution in [0.25, 0.3) is 10.8 Å². The maximum Gasteiger partial charge on any atom is 0.126 e. The normalized spacial score (nSPS) is 20.8.